The van der Waals surface area contributed by atoms with E-state index in [1.807, 2.05) is 18.2 Å². The van der Waals surface area contributed by atoms with Crippen molar-refractivity contribution >= 4 is 17.9 Å². The molecule has 0 amide bonds. The fourth-order valence-electron chi connectivity index (χ4n) is 2.95. The number of aromatic nitrogens is 1. The summed E-state index contributed by atoms with van der Waals surface area (Å²) in [7, 11) is 0. The van der Waals surface area contributed by atoms with E-state index in [4.69, 9.17) is 5.11 Å². The lowest BCUT2D eigenvalue weighted by molar-refractivity contribution is -0.131. The molecule has 130 valence electrons. The number of halogens is 1. The van der Waals surface area contributed by atoms with E-state index in [2.05, 4.69) is 27.3 Å². The number of benzene rings is 1. The summed E-state index contributed by atoms with van der Waals surface area (Å²) in [5, 5.41) is 11.7. The summed E-state index contributed by atoms with van der Waals surface area (Å²) in [6.45, 7) is 2.66. The summed E-state index contributed by atoms with van der Waals surface area (Å²) >= 11 is 0. The summed E-state index contributed by atoms with van der Waals surface area (Å²) in [4.78, 5) is 16.9. The zero-order valence-corrected chi connectivity index (χ0v) is 13.7. The topological polar surface area (TPSA) is 65.5 Å². The molecule has 0 radical (unpaired) electrons. The van der Waals surface area contributed by atoms with Crippen LogP contribution in [-0.4, -0.2) is 40.1 Å². The molecule has 25 heavy (non-hydrogen) atoms. The van der Waals surface area contributed by atoms with Crippen molar-refractivity contribution < 1.29 is 14.3 Å². The number of nitrogens with zero attached hydrogens (tertiary/aromatic N) is 2. The number of rotatable bonds is 6. The molecular formula is C19H20FN3O2. The van der Waals surface area contributed by atoms with Gasteiger partial charge in [0, 0.05) is 37.9 Å². The van der Waals surface area contributed by atoms with Gasteiger partial charge in [0.05, 0.1) is 0 Å². The van der Waals surface area contributed by atoms with Crippen molar-refractivity contribution in [3.63, 3.8) is 0 Å². The highest BCUT2D eigenvalue weighted by molar-refractivity contribution is 5.85. The molecule has 6 heteroatoms. The summed E-state index contributed by atoms with van der Waals surface area (Å²) in [5.41, 5.74) is 1.68. The molecule has 1 aromatic carbocycles. The van der Waals surface area contributed by atoms with Crippen LogP contribution in [0.25, 0.3) is 6.08 Å². The van der Waals surface area contributed by atoms with E-state index in [9.17, 15) is 9.18 Å². The number of aliphatic carboxylic acids is 1. The highest BCUT2D eigenvalue weighted by Crippen LogP contribution is 2.19. The Kier molecular flexibility index (Phi) is 5.40. The van der Waals surface area contributed by atoms with Crippen LogP contribution in [0.4, 0.5) is 10.2 Å². The van der Waals surface area contributed by atoms with Crippen LogP contribution in [-0.2, 0) is 11.3 Å². The Balaban J connectivity index is 1.57. The molecular weight excluding hydrogens is 321 g/mol. The van der Waals surface area contributed by atoms with Crippen molar-refractivity contribution in [2.75, 3.05) is 18.4 Å². The van der Waals surface area contributed by atoms with Crippen molar-refractivity contribution in [2.45, 2.75) is 19.0 Å². The summed E-state index contributed by atoms with van der Waals surface area (Å²) in [6.07, 6.45) is 4.66. The first kappa shape index (κ1) is 17.1. The second-order valence-corrected chi connectivity index (χ2v) is 6.12. The lowest BCUT2D eigenvalue weighted by Gasteiger charge is -2.17. The number of hydrogen-bond acceptors (Lipinski definition) is 4. The van der Waals surface area contributed by atoms with Crippen molar-refractivity contribution in [3.8, 4) is 0 Å². The number of carboxylic acids is 1. The van der Waals surface area contributed by atoms with Crippen LogP contribution >= 0.6 is 0 Å². The van der Waals surface area contributed by atoms with Gasteiger partial charge in [0.2, 0.25) is 0 Å². The molecule has 1 atom stereocenters. The number of likely N-dealkylation sites (tertiary alicyclic amines) is 1. The second-order valence-electron chi connectivity index (χ2n) is 6.12. The second kappa shape index (κ2) is 7.90. The third-order valence-corrected chi connectivity index (χ3v) is 4.14. The molecule has 0 spiro atoms. The van der Waals surface area contributed by atoms with Gasteiger partial charge in [0.15, 0.2) is 11.6 Å². The first-order chi connectivity index (χ1) is 12.1. The van der Waals surface area contributed by atoms with E-state index in [0.717, 1.165) is 32.1 Å². The van der Waals surface area contributed by atoms with E-state index >= 15 is 0 Å². The van der Waals surface area contributed by atoms with Gasteiger partial charge in [-0.25, -0.2) is 14.2 Å². The van der Waals surface area contributed by atoms with Gasteiger partial charge in [-0.15, -0.1) is 0 Å². The smallest absolute Gasteiger partial charge is 0.328 e. The van der Waals surface area contributed by atoms with Gasteiger partial charge >= 0.3 is 5.97 Å². The molecule has 2 heterocycles. The van der Waals surface area contributed by atoms with Crippen molar-refractivity contribution in [2.24, 2.45) is 0 Å². The van der Waals surface area contributed by atoms with Crippen molar-refractivity contribution in [3.05, 3.63) is 65.6 Å². The van der Waals surface area contributed by atoms with Crippen LogP contribution in [0, 0.1) is 5.82 Å². The maximum absolute atomic E-state index is 14.2. The average Bonchev–Trinajstić information content (AvgIpc) is 3.03. The van der Waals surface area contributed by atoms with Crippen LogP contribution in [0.15, 0.2) is 48.7 Å². The molecule has 2 N–H and O–H groups in total. The fourth-order valence-corrected chi connectivity index (χ4v) is 2.95. The Morgan fingerprint density at radius 1 is 1.40 bits per heavy atom. The minimum absolute atomic E-state index is 0.145. The summed E-state index contributed by atoms with van der Waals surface area (Å²) < 4.78 is 14.2. The lowest BCUT2D eigenvalue weighted by Crippen LogP contribution is -2.26. The maximum Gasteiger partial charge on any atom is 0.328 e. The molecule has 0 saturated carbocycles. The van der Waals surface area contributed by atoms with Crippen molar-refractivity contribution in [1.29, 1.82) is 0 Å². The Hall–Kier alpha value is -2.73. The Morgan fingerprint density at radius 3 is 2.92 bits per heavy atom. The van der Waals surface area contributed by atoms with Gasteiger partial charge in [-0.3, -0.25) is 4.90 Å². The molecule has 0 aliphatic carbocycles. The predicted octanol–water partition coefficient (Wildman–Crippen LogP) is 3.00. The standard InChI is InChI=1S/C19H20FN3O2/c20-17-10-15(6-7-18(24)25)11-21-19(17)22-16-8-9-23(13-16)12-14-4-2-1-3-5-14/h1-7,10-11,16H,8-9,12-13H2,(H,21,22)(H,24,25)/t16-/m1/s1. The van der Waals surface area contributed by atoms with Gasteiger partial charge in [-0.05, 0) is 29.7 Å². The number of carboxylic acid groups (broad SMARTS) is 1. The monoisotopic (exact) mass is 341 g/mol. The van der Waals surface area contributed by atoms with Crippen LogP contribution in [0.1, 0.15) is 17.5 Å². The molecule has 0 unspecified atom stereocenters. The highest BCUT2D eigenvalue weighted by atomic mass is 19.1. The third kappa shape index (κ3) is 4.87. The van der Waals surface area contributed by atoms with E-state index in [0.29, 0.717) is 5.56 Å². The third-order valence-electron chi connectivity index (χ3n) is 4.14. The molecule has 1 saturated heterocycles. The SMILES string of the molecule is O=C(O)C=Cc1cnc(N[C@@H]2CCN(Cc3ccccc3)C2)c(F)c1. The van der Waals surface area contributed by atoms with Gasteiger partial charge < -0.3 is 10.4 Å². The molecule has 1 aliphatic rings. The molecule has 2 aromatic rings. The number of nitrogens with one attached hydrogen (secondary N) is 1. The van der Waals surface area contributed by atoms with Crippen LogP contribution in [0.5, 0.6) is 0 Å². The molecule has 1 aliphatic heterocycles. The Morgan fingerprint density at radius 2 is 2.20 bits per heavy atom. The van der Waals surface area contributed by atoms with Gasteiger partial charge in [-0.2, -0.15) is 0 Å². The molecule has 1 fully saturated rings. The van der Waals surface area contributed by atoms with E-state index in [1.54, 1.807) is 0 Å². The van der Waals surface area contributed by atoms with Crippen LogP contribution in [0.2, 0.25) is 0 Å². The largest absolute Gasteiger partial charge is 0.478 e. The Labute approximate surface area is 145 Å². The predicted molar refractivity (Wildman–Crippen MR) is 94.6 cm³/mol. The van der Waals surface area contributed by atoms with Gasteiger partial charge in [0.1, 0.15) is 0 Å². The van der Waals surface area contributed by atoms with Crippen LogP contribution in [0.3, 0.4) is 0 Å². The molecule has 3 rings (SSSR count). The summed E-state index contributed by atoms with van der Waals surface area (Å²) in [6, 6.07) is 11.7. The minimum Gasteiger partial charge on any atom is -0.478 e. The quantitative estimate of drug-likeness (QED) is 0.791. The number of anilines is 1. The van der Waals surface area contributed by atoms with E-state index < -0.39 is 11.8 Å². The maximum atomic E-state index is 14.2. The first-order valence-electron chi connectivity index (χ1n) is 8.19. The molecule has 5 nitrogen and oxygen atoms in total. The Bertz CT molecular complexity index is 765. The van der Waals surface area contributed by atoms with Crippen molar-refractivity contribution in [1.82, 2.24) is 9.88 Å². The molecule has 1 aromatic heterocycles. The lowest BCUT2D eigenvalue weighted by atomic mass is 10.2. The average molecular weight is 341 g/mol. The van der Waals surface area contributed by atoms with Crippen LogP contribution < -0.4 is 5.32 Å². The van der Waals surface area contributed by atoms with E-state index in [-0.39, 0.29) is 11.9 Å². The first-order valence-corrected chi connectivity index (χ1v) is 8.19. The zero-order chi connectivity index (χ0) is 17.6. The summed E-state index contributed by atoms with van der Waals surface area (Å²) in [5.74, 6) is -1.35. The normalized spacial score (nSPS) is 17.9. The highest BCUT2D eigenvalue weighted by Gasteiger charge is 2.23. The molecule has 0 bridgehead atoms. The van der Waals surface area contributed by atoms with E-state index in [1.165, 1.54) is 23.9 Å². The number of pyridine rings is 1. The van der Waals surface area contributed by atoms with Gasteiger partial charge in [-0.1, -0.05) is 30.3 Å². The minimum atomic E-state index is -1.08. The number of hydrogen-bond donors (Lipinski definition) is 2. The fraction of sp³-hybridized carbons (Fsp3) is 0.263. The number of carbonyl (C=O) groups is 1. The van der Waals surface area contributed by atoms with Gasteiger partial charge in [0.25, 0.3) is 0 Å². The zero-order valence-electron chi connectivity index (χ0n) is 13.7.